The summed E-state index contributed by atoms with van der Waals surface area (Å²) in [6.07, 6.45) is -1.10. The van der Waals surface area contributed by atoms with E-state index in [4.69, 9.17) is 5.11 Å². The number of aliphatic hydroxyl groups is 2. The number of rotatable bonds is 5. The fraction of sp³-hybridized carbons (Fsp3) is 0.875. The van der Waals surface area contributed by atoms with Gasteiger partial charge in [0.05, 0.1) is 13.2 Å². The minimum absolute atomic E-state index is 0.130. The van der Waals surface area contributed by atoms with Gasteiger partial charge in [0.15, 0.2) is 5.78 Å². The third kappa shape index (κ3) is 2.89. The third-order valence-electron chi connectivity index (χ3n) is 1.80. The average molecular weight is 175 g/mol. The van der Waals surface area contributed by atoms with Crippen LogP contribution in [0.4, 0.5) is 0 Å². The van der Waals surface area contributed by atoms with Crippen molar-refractivity contribution < 1.29 is 15.0 Å². The summed E-state index contributed by atoms with van der Waals surface area (Å²) in [5.41, 5.74) is -0.756. The van der Waals surface area contributed by atoms with Gasteiger partial charge < -0.3 is 15.5 Å². The normalized spacial score (nSPS) is 14.4. The number of nitrogens with one attached hydrogen (secondary N) is 1. The van der Waals surface area contributed by atoms with Crippen LogP contribution in [0.3, 0.4) is 0 Å². The molecule has 0 unspecified atom stereocenters. The van der Waals surface area contributed by atoms with Crippen LogP contribution in [0.1, 0.15) is 13.8 Å². The maximum atomic E-state index is 11.1. The van der Waals surface area contributed by atoms with Gasteiger partial charge in [0.25, 0.3) is 0 Å². The lowest BCUT2D eigenvalue weighted by Crippen LogP contribution is -2.42. The maximum absolute atomic E-state index is 11.1. The molecule has 0 bridgehead atoms. The Kier molecular flexibility index (Phi) is 4.37. The highest BCUT2D eigenvalue weighted by molar-refractivity contribution is 5.85. The molecule has 3 N–H and O–H groups in total. The molecule has 0 rings (SSSR count). The van der Waals surface area contributed by atoms with E-state index >= 15 is 0 Å². The molecule has 0 aliphatic rings. The van der Waals surface area contributed by atoms with Gasteiger partial charge in [0.2, 0.25) is 0 Å². The summed E-state index contributed by atoms with van der Waals surface area (Å²) >= 11 is 0. The lowest BCUT2D eigenvalue weighted by atomic mass is 9.85. The predicted molar refractivity (Wildman–Crippen MR) is 45.8 cm³/mol. The maximum Gasteiger partial charge on any atom is 0.175 e. The first-order valence-corrected chi connectivity index (χ1v) is 3.92. The summed E-state index contributed by atoms with van der Waals surface area (Å²) in [6.45, 7) is 3.21. The van der Waals surface area contributed by atoms with Crippen LogP contribution in [0.15, 0.2) is 0 Å². The molecule has 4 heteroatoms. The highest BCUT2D eigenvalue weighted by atomic mass is 16.3. The number of aliphatic hydroxyl groups excluding tert-OH is 2. The Morgan fingerprint density at radius 2 is 2.08 bits per heavy atom. The van der Waals surface area contributed by atoms with Crippen LogP contribution < -0.4 is 5.32 Å². The minimum atomic E-state index is -1.10. The summed E-state index contributed by atoms with van der Waals surface area (Å²) in [4.78, 5) is 11.1. The number of hydrogen-bond acceptors (Lipinski definition) is 4. The van der Waals surface area contributed by atoms with E-state index in [1.165, 1.54) is 0 Å². The Labute approximate surface area is 72.6 Å². The molecular formula is C8H17NO3. The Hall–Kier alpha value is -0.450. The zero-order valence-corrected chi connectivity index (χ0v) is 7.79. The number of carbonyl (C=O) groups is 1. The van der Waals surface area contributed by atoms with Crippen LogP contribution in [0.25, 0.3) is 0 Å². The zero-order valence-electron chi connectivity index (χ0n) is 7.79. The quantitative estimate of drug-likeness (QED) is 0.509. The van der Waals surface area contributed by atoms with Crippen molar-refractivity contribution in [2.45, 2.75) is 20.0 Å². The molecule has 0 amide bonds. The molecular weight excluding hydrogens is 158 g/mol. The van der Waals surface area contributed by atoms with Crippen LogP contribution in [0, 0.1) is 5.41 Å². The van der Waals surface area contributed by atoms with Crippen LogP contribution in [-0.4, -0.2) is 42.3 Å². The van der Waals surface area contributed by atoms with E-state index in [2.05, 4.69) is 5.32 Å². The molecule has 0 aliphatic carbocycles. The van der Waals surface area contributed by atoms with Crippen molar-refractivity contribution in [2.24, 2.45) is 5.41 Å². The summed E-state index contributed by atoms with van der Waals surface area (Å²) in [7, 11) is 1.64. The van der Waals surface area contributed by atoms with Gasteiger partial charge in [0, 0.05) is 5.41 Å². The zero-order chi connectivity index (χ0) is 9.78. The van der Waals surface area contributed by atoms with E-state index in [-0.39, 0.29) is 18.9 Å². The minimum Gasteiger partial charge on any atom is -0.396 e. The van der Waals surface area contributed by atoms with Crippen molar-refractivity contribution in [1.82, 2.24) is 5.32 Å². The Morgan fingerprint density at radius 1 is 1.58 bits per heavy atom. The summed E-state index contributed by atoms with van der Waals surface area (Å²) < 4.78 is 0. The molecule has 72 valence electrons. The number of Topliss-reactive ketones (excluding diaryl/α,β-unsaturated/α-hetero) is 1. The Balaban J connectivity index is 4.17. The van der Waals surface area contributed by atoms with Gasteiger partial charge in [-0.15, -0.1) is 0 Å². The summed E-state index contributed by atoms with van der Waals surface area (Å²) in [5, 5.41) is 20.9. The molecule has 0 fully saturated rings. The van der Waals surface area contributed by atoms with Gasteiger partial charge >= 0.3 is 0 Å². The van der Waals surface area contributed by atoms with Crippen LogP contribution in [-0.2, 0) is 4.79 Å². The molecule has 0 saturated heterocycles. The first kappa shape index (κ1) is 11.6. The number of carbonyl (C=O) groups excluding carboxylic acids is 1. The molecule has 12 heavy (non-hydrogen) atoms. The Morgan fingerprint density at radius 3 is 2.42 bits per heavy atom. The van der Waals surface area contributed by atoms with Gasteiger partial charge in [-0.1, -0.05) is 13.8 Å². The van der Waals surface area contributed by atoms with Gasteiger partial charge in [-0.05, 0) is 7.05 Å². The van der Waals surface area contributed by atoms with Crippen molar-refractivity contribution in [3.63, 3.8) is 0 Å². The van der Waals surface area contributed by atoms with E-state index < -0.39 is 11.5 Å². The van der Waals surface area contributed by atoms with Crippen molar-refractivity contribution in [1.29, 1.82) is 0 Å². The number of likely N-dealkylation sites (N-methyl/N-ethyl adjacent to an activating group) is 1. The topological polar surface area (TPSA) is 69.6 Å². The van der Waals surface area contributed by atoms with Gasteiger partial charge in [-0.25, -0.2) is 0 Å². The third-order valence-corrected chi connectivity index (χ3v) is 1.80. The second kappa shape index (κ2) is 4.54. The van der Waals surface area contributed by atoms with Crippen molar-refractivity contribution >= 4 is 5.78 Å². The molecule has 0 aromatic heterocycles. The van der Waals surface area contributed by atoms with Crippen molar-refractivity contribution in [3.05, 3.63) is 0 Å². The molecule has 0 aliphatic heterocycles. The van der Waals surface area contributed by atoms with E-state index in [1.54, 1.807) is 20.9 Å². The number of hydrogen-bond donors (Lipinski definition) is 3. The smallest absolute Gasteiger partial charge is 0.175 e. The lowest BCUT2D eigenvalue weighted by Gasteiger charge is -2.26. The van der Waals surface area contributed by atoms with Crippen molar-refractivity contribution in [3.8, 4) is 0 Å². The predicted octanol–water partition coefficient (Wildman–Crippen LogP) is -0.846. The highest BCUT2D eigenvalue weighted by Gasteiger charge is 2.31. The monoisotopic (exact) mass is 175 g/mol. The molecule has 0 saturated carbocycles. The first-order valence-electron chi connectivity index (χ1n) is 3.92. The van der Waals surface area contributed by atoms with Crippen molar-refractivity contribution in [2.75, 3.05) is 20.2 Å². The van der Waals surface area contributed by atoms with E-state index in [9.17, 15) is 9.90 Å². The lowest BCUT2D eigenvalue weighted by molar-refractivity contribution is -0.133. The molecule has 4 nitrogen and oxygen atoms in total. The van der Waals surface area contributed by atoms with E-state index in [0.29, 0.717) is 0 Å². The fourth-order valence-electron chi connectivity index (χ4n) is 0.793. The largest absolute Gasteiger partial charge is 0.396 e. The molecule has 0 spiro atoms. The fourth-order valence-corrected chi connectivity index (χ4v) is 0.793. The van der Waals surface area contributed by atoms with Crippen LogP contribution >= 0.6 is 0 Å². The molecule has 0 radical (unpaired) electrons. The van der Waals surface area contributed by atoms with Gasteiger partial charge in [-0.2, -0.15) is 0 Å². The van der Waals surface area contributed by atoms with Gasteiger partial charge in [-0.3, -0.25) is 4.79 Å². The number of ketones is 1. The second-order valence-corrected chi connectivity index (χ2v) is 3.55. The van der Waals surface area contributed by atoms with Gasteiger partial charge in [0.1, 0.15) is 6.10 Å². The van der Waals surface area contributed by atoms with E-state index in [1.807, 2.05) is 0 Å². The van der Waals surface area contributed by atoms with E-state index in [0.717, 1.165) is 0 Å². The van der Waals surface area contributed by atoms with Crippen LogP contribution in [0.5, 0.6) is 0 Å². The van der Waals surface area contributed by atoms with Crippen LogP contribution in [0.2, 0.25) is 0 Å². The average Bonchev–Trinajstić information content (AvgIpc) is 2.03. The first-order chi connectivity index (χ1) is 5.45. The summed E-state index contributed by atoms with van der Waals surface area (Å²) in [6, 6.07) is 0. The molecule has 0 aromatic rings. The Bertz CT molecular complexity index is 156. The SMILES string of the molecule is CNCC(=O)[C@H](O)C(C)(C)CO. The molecule has 0 heterocycles. The molecule has 1 atom stereocenters. The highest BCUT2D eigenvalue weighted by Crippen LogP contribution is 2.19. The standard InChI is InChI=1S/C8H17NO3/c1-8(2,5-10)7(12)6(11)4-9-3/h7,9-10,12H,4-5H2,1-3H3/t7-/m0/s1. The summed E-state index contributed by atoms with van der Waals surface area (Å²) in [5.74, 6) is -0.295. The second-order valence-electron chi connectivity index (χ2n) is 3.55. The molecule has 0 aromatic carbocycles.